The molecule has 0 spiro atoms. The minimum atomic E-state index is -0.258. The number of hydrogen-bond acceptors (Lipinski definition) is 4. The van der Waals surface area contributed by atoms with Gasteiger partial charge in [0, 0.05) is 18.0 Å². The summed E-state index contributed by atoms with van der Waals surface area (Å²) in [7, 11) is 0. The molecule has 1 aromatic heterocycles. The first-order valence-electron chi connectivity index (χ1n) is 8.82. The lowest BCUT2D eigenvalue weighted by molar-refractivity contribution is -0.123. The van der Waals surface area contributed by atoms with Crippen molar-refractivity contribution in [1.82, 2.24) is 14.8 Å². The highest BCUT2D eigenvalue weighted by Gasteiger charge is 2.43. The van der Waals surface area contributed by atoms with Crippen molar-refractivity contribution in [3.05, 3.63) is 89.9 Å². The zero-order valence-corrected chi connectivity index (χ0v) is 14.1. The van der Waals surface area contributed by atoms with Crippen molar-refractivity contribution < 1.29 is 4.79 Å². The molecule has 0 unspecified atom stereocenters. The predicted molar refractivity (Wildman–Crippen MR) is 98.6 cm³/mol. The zero-order valence-electron chi connectivity index (χ0n) is 14.1. The second kappa shape index (κ2) is 5.95. The van der Waals surface area contributed by atoms with E-state index in [1.807, 2.05) is 41.1 Å². The normalized spacial score (nSPS) is 24.2. The van der Waals surface area contributed by atoms with Crippen LogP contribution in [0.5, 0.6) is 0 Å². The monoisotopic (exact) mass is 342 g/mol. The number of hydrogen-bond donors (Lipinski definition) is 1. The summed E-state index contributed by atoms with van der Waals surface area (Å²) in [6, 6.07) is 20.1. The average molecular weight is 342 g/mol. The van der Waals surface area contributed by atoms with Gasteiger partial charge in [0.25, 0.3) is 0 Å². The maximum Gasteiger partial charge on any atom is 0.226 e. The van der Waals surface area contributed by atoms with E-state index in [1.54, 1.807) is 0 Å². The smallest absolute Gasteiger partial charge is 0.226 e. The molecule has 3 aromatic rings. The Morgan fingerprint density at radius 2 is 1.65 bits per heavy atom. The van der Waals surface area contributed by atoms with Crippen LogP contribution in [-0.2, 0) is 4.79 Å². The molecule has 0 bridgehead atoms. The largest absolute Gasteiger partial charge is 0.328 e. The molecule has 0 fully saturated rings. The van der Waals surface area contributed by atoms with E-state index in [1.165, 1.54) is 6.33 Å². The summed E-state index contributed by atoms with van der Waals surface area (Å²) in [6.45, 7) is 0. The molecule has 128 valence electrons. The van der Waals surface area contributed by atoms with E-state index in [0.29, 0.717) is 12.4 Å². The van der Waals surface area contributed by atoms with Crippen molar-refractivity contribution in [3.8, 4) is 0 Å². The van der Waals surface area contributed by atoms with Gasteiger partial charge in [-0.05, 0) is 11.1 Å². The van der Waals surface area contributed by atoms with E-state index < -0.39 is 0 Å². The van der Waals surface area contributed by atoms with Crippen LogP contribution in [0.15, 0.2) is 78.8 Å². The summed E-state index contributed by atoms with van der Waals surface area (Å²) in [4.78, 5) is 17.5. The molecule has 2 aromatic carbocycles. The Balaban J connectivity index is 1.63. The highest BCUT2D eigenvalue weighted by atomic mass is 16.1. The van der Waals surface area contributed by atoms with Crippen LogP contribution in [0, 0.1) is 5.92 Å². The quantitative estimate of drug-likeness (QED) is 0.774. The van der Waals surface area contributed by atoms with Crippen LogP contribution < -0.4 is 5.32 Å². The molecule has 5 heteroatoms. The number of carbonyl (C=O) groups is 1. The molecule has 1 aliphatic carbocycles. The number of nitrogens with one attached hydrogen (secondary N) is 1. The second-order valence-corrected chi connectivity index (χ2v) is 6.80. The number of anilines is 1. The standard InChI is InChI=1S/C21H18N4O/c26-18-12-16(14-7-3-1-4-8-14)11-17-19(18)20(15-9-5-2-6-10-15)25-21(24-17)22-13-23-25/h1-11,13,16,19-20H,12H2,(H,22,23,24)/t16-,19+,20+/m1/s1. The lowest BCUT2D eigenvalue weighted by atomic mass is 9.76. The molecule has 5 nitrogen and oxygen atoms in total. The number of benzene rings is 2. The summed E-state index contributed by atoms with van der Waals surface area (Å²) < 4.78 is 1.83. The summed E-state index contributed by atoms with van der Waals surface area (Å²) in [5.41, 5.74) is 3.17. The highest BCUT2D eigenvalue weighted by molar-refractivity contribution is 5.88. The molecular weight excluding hydrogens is 324 g/mol. The van der Waals surface area contributed by atoms with Crippen molar-refractivity contribution in [2.45, 2.75) is 18.4 Å². The lowest BCUT2D eigenvalue weighted by Gasteiger charge is -2.38. The number of rotatable bonds is 2. The van der Waals surface area contributed by atoms with Gasteiger partial charge in [-0.25, -0.2) is 4.68 Å². The minimum Gasteiger partial charge on any atom is -0.328 e. The van der Waals surface area contributed by atoms with E-state index in [0.717, 1.165) is 16.8 Å². The van der Waals surface area contributed by atoms with Crippen LogP contribution in [0.4, 0.5) is 5.95 Å². The number of fused-ring (bicyclic) bond motifs is 2. The van der Waals surface area contributed by atoms with Gasteiger partial charge in [0.1, 0.15) is 12.1 Å². The van der Waals surface area contributed by atoms with Crippen LogP contribution in [0.25, 0.3) is 0 Å². The third-order valence-electron chi connectivity index (χ3n) is 5.26. The third-order valence-corrected chi connectivity index (χ3v) is 5.26. The van der Waals surface area contributed by atoms with Gasteiger partial charge in [0.05, 0.1) is 12.0 Å². The zero-order chi connectivity index (χ0) is 17.5. The second-order valence-electron chi connectivity index (χ2n) is 6.80. The van der Waals surface area contributed by atoms with E-state index in [4.69, 9.17) is 0 Å². The number of carbonyl (C=O) groups excluding carboxylic acids is 1. The van der Waals surface area contributed by atoms with Crippen molar-refractivity contribution >= 4 is 11.7 Å². The number of aromatic nitrogens is 3. The van der Waals surface area contributed by atoms with Crippen molar-refractivity contribution in [2.75, 3.05) is 5.32 Å². The first kappa shape index (κ1) is 15.1. The summed E-state index contributed by atoms with van der Waals surface area (Å²) in [5.74, 6) is 0.752. The van der Waals surface area contributed by atoms with E-state index in [-0.39, 0.29) is 23.7 Å². The van der Waals surface area contributed by atoms with Crippen LogP contribution in [-0.4, -0.2) is 20.5 Å². The molecule has 2 heterocycles. The van der Waals surface area contributed by atoms with Gasteiger partial charge >= 0.3 is 0 Å². The molecule has 0 saturated carbocycles. The number of ketones is 1. The maximum absolute atomic E-state index is 13.2. The fourth-order valence-electron chi connectivity index (χ4n) is 4.07. The fourth-order valence-corrected chi connectivity index (χ4v) is 4.07. The average Bonchev–Trinajstić information content (AvgIpc) is 3.15. The summed E-state index contributed by atoms with van der Waals surface area (Å²) in [5, 5.41) is 7.72. The molecule has 2 aliphatic rings. The van der Waals surface area contributed by atoms with E-state index >= 15 is 0 Å². The van der Waals surface area contributed by atoms with Gasteiger partial charge in [-0.1, -0.05) is 66.7 Å². The van der Waals surface area contributed by atoms with Gasteiger partial charge in [0.15, 0.2) is 0 Å². The summed E-state index contributed by atoms with van der Waals surface area (Å²) >= 11 is 0. The van der Waals surface area contributed by atoms with E-state index in [9.17, 15) is 4.79 Å². The van der Waals surface area contributed by atoms with E-state index in [2.05, 4.69) is 45.7 Å². The van der Waals surface area contributed by atoms with Crippen molar-refractivity contribution in [1.29, 1.82) is 0 Å². The fraction of sp³-hybridized carbons (Fsp3) is 0.190. The Hall–Kier alpha value is -3.21. The minimum absolute atomic E-state index is 0.0911. The molecular formula is C21H18N4O. The molecule has 0 radical (unpaired) electrons. The molecule has 1 N–H and O–H groups in total. The maximum atomic E-state index is 13.2. The Kier molecular flexibility index (Phi) is 3.45. The van der Waals surface area contributed by atoms with Crippen molar-refractivity contribution in [2.24, 2.45) is 5.92 Å². The van der Waals surface area contributed by atoms with Gasteiger partial charge in [-0.15, -0.1) is 0 Å². The molecule has 1 aliphatic heterocycles. The first-order valence-corrected chi connectivity index (χ1v) is 8.82. The topological polar surface area (TPSA) is 59.8 Å². The molecule has 0 saturated heterocycles. The van der Waals surface area contributed by atoms with Gasteiger partial charge < -0.3 is 5.32 Å². The predicted octanol–water partition coefficient (Wildman–Crippen LogP) is 3.55. The Morgan fingerprint density at radius 1 is 0.962 bits per heavy atom. The third kappa shape index (κ3) is 2.36. The van der Waals surface area contributed by atoms with Crippen LogP contribution in [0.2, 0.25) is 0 Å². The van der Waals surface area contributed by atoms with Gasteiger partial charge in [0.2, 0.25) is 5.95 Å². The van der Waals surface area contributed by atoms with Gasteiger partial charge in [-0.3, -0.25) is 4.79 Å². The highest BCUT2D eigenvalue weighted by Crippen LogP contribution is 2.43. The molecule has 5 rings (SSSR count). The van der Waals surface area contributed by atoms with Crippen LogP contribution in [0.1, 0.15) is 29.5 Å². The molecule has 26 heavy (non-hydrogen) atoms. The Labute approximate surface area is 151 Å². The number of allylic oxidation sites excluding steroid dienone is 2. The lowest BCUT2D eigenvalue weighted by Crippen LogP contribution is -2.40. The van der Waals surface area contributed by atoms with Crippen molar-refractivity contribution in [3.63, 3.8) is 0 Å². The van der Waals surface area contributed by atoms with Crippen LogP contribution in [0.3, 0.4) is 0 Å². The van der Waals surface area contributed by atoms with Gasteiger partial charge in [-0.2, -0.15) is 10.1 Å². The summed E-state index contributed by atoms with van der Waals surface area (Å²) in [6.07, 6.45) is 4.23. The first-order chi connectivity index (χ1) is 12.8. The SMILES string of the molecule is O=C1C[C@H](c2ccccc2)C=C2Nc3ncnn3[C@@H](c3ccccc3)[C@H]12. The Bertz CT molecular complexity index is 978. The number of nitrogens with zero attached hydrogens (tertiary/aromatic N) is 3. The van der Waals surface area contributed by atoms with Crippen LogP contribution >= 0.6 is 0 Å². The Morgan fingerprint density at radius 3 is 2.38 bits per heavy atom. The number of Topliss-reactive ketones (excluding diaryl/α,β-unsaturated/α-hetero) is 1. The molecule has 0 amide bonds. The molecule has 3 atom stereocenters.